The summed E-state index contributed by atoms with van der Waals surface area (Å²) >= 11 is 0. The summed E-state index contributed by atoms with van der Waals surface area (Å²) < 4.78 is 3.14. The molecule has 0 saturated carbocycles. The molecule has 3 aromatic rings. The number of rotatable bonds is 7. The Morgan fingerprint density at radius 2 is 2.00 bits per heavy atom. The van der Waals surface area contributed by atoms with Crippen molar-refractivity contribution in [3.63, 3.8) is 0 Å². The highest BCUT2D eigenvalue weighted by molar-refractivity contribution is 5.78. The second kappa shape index (κ2) is 8.21. The van der Waals surface area contributed by atoms with Crippen LogP contribution in [0.15, 0.2) is 47.8 Å². The molecule has 7 heteroatoms. The number of hydrogen-bond donors (Lipinski definition) is 1. The second-order valence-electron chi connectivity index (χ2n) is 7.16. The zero-order chi connectivity index (χ0) is 20.3. The van der Waals surface area contributed by atoms with Gasteiger partial charge in [-0.3, -0.25) is 9.59 Å². The highest BCUT2D eigenvalue weighted by Gasteiger charge is 2.20. The van der Waals surface area contributed by atoms with Crippen molar-refractivity contribution < 1.29 is 4.79 Å². The SMILES string of the molecule is C=CCn1c(C)c(CC(=O)NCC(C)C)c(=O)n2nc(-c3ccccc3)nc12. The van der Waals surface area contributed by atoms with E-state index in [1.54, 1.807) is 6.08 Å². The van der Waals surface area contributed by atoms with Gasteiger partial charge in [-0.2, -0.15) is 9.50 Å². The number of nitrogens with one attached hydrogen (secondary N) is 1. The van der Waals surface area contributed by atoms with E-state index >= 15 is 0 Å². The molecule has 0 atom stereocenters. The average molecular weight is 379 g/mol. The van der Waals surface area contributed by atoms with Gasteiger partial charge in [0.2, 0.25) is 11.7 Å². The predicted molar refractivity (Wildman–Crippen MR) is 109 cm³/mol. The number of nitrogens with zero attached hydrogens (tertiary/aromatic N) is 4. The summed E-state index contributed by atoms with van der Waals surface area (Å²) in [5.41, 5.74) is 1.62. The van der Waals surface area contributed by atoms with E-state index in [0.29, 0.717) is 41.9 Å². The molecule has 3 rings (SSSR count). The lowest BCUT2D eigenvalue weighted by Gasteiger charge is -2.14. The van der Waals surface area contributed by atoms with E-state index in [0.717, 1.165) is 5.56 Å². The molecule has 0 fully saturated rings. The maximum Gasteiger partial charge on any atom is 0.279 e. The van der Waals surface area contributed by atoms with E-state index in [1.165, 1.54) is 4.52 Å². The number of allylic oxidation sites excluding steroid dienone is 1. The fourth-order valence-electron chi connectivity index (χ4n) is 3.01. The molecule has 0 bridgehead atoms. The van der Waals surface area contributed by atoms with Crippen molar-refractivity contribution in [3.05, 3.63) is 64.6 Å². The molecule has 0 unspecified atom stereocenters. The van der Waals surface area contributed by atoms with Crippen LogP contribution in [0.3, 0.4) is 0 Å². The first-order valence-electron chi connectivity index (χ1n) is 9.34. The van der Waals surface area contributed by atoms with Crippen LogP contribution in [0, 0.1) is 12.8 Å². The van der Waals surface area contributed by atoms with Gasteiger partial charge in [0.05, 0.1) is 6.42 Å². The number of hydrogen-bond acceptors (Lipinski definition) is 4. The molecular formula is C21H25N5O2. The fraction of sp³-hybridized carbons (Fsp3) is 0.333. The number of fused-ring (bicyclic) bond motifs is 1. The molecule has 0 saturated heterocycles. The zero-order valence-electron chi connectivity index (χ0n) is 16.5. The smallest absolute Gasteiger partial charge is 0.279 e. The maximum atomic E-state index is 13.1. The quantitative estimate of drug-likeness (QED) is 0.639. The van der Waals surface area contributed by atoms with E-state index in [1.807, 2.05) is 55.7 Å². The Kier molecular flexibility index (Phi) is 5.73. The molecule has 0 aliphatic heterocycles. The first-order chi connectivity index (χ1) is 13.4. The normalized spacial score (nSPS) is 11.1. The van der Waals surface area contributed by atoms with Crippen LogP contribution in [-0.4, -0.2) is 31.6 Å². The van der Waals surface area contributed by atoms with Gasteiger partial charge in [0.15, 0.2) is 5.82 Å². The molecule has 146 valence electrons. The molecule has 0 aliphatic carbocycles. The Morgan fingerprint density at radius 1 is 1.29 bits per heavy atom. The zero-order valence-corrected chi connectivity index (χ0v) is 16.5. The Morgan fingerprint density at radius 3 is 2.64 bits per heavy atom. The van der Waals surface area contributed by atoms with Crippen LogP contribution in [-0.2, 0) is 17.8 Å². The van der Waals surface area contributed by atoms with Gasteiger partial charge in [-0.15, -0.1) is 11.7 Å². The van der Waals surface area contributed by atoms with Crippen LogP contribution >= 0.6 is 0 Å². The van der Waals surface area contributed by atoms with E-state index in [9.17, 15) is 9.59 Å². The van der Waals surface area contributed by atoms with Crippen molar-refractivity contribution in [3.8, 4) is 11.4 Å². The van der Waals surface area contributed by atoms with Gasteiger partial charge in [0, 0.05) is 29.9 Å². The largest absolute Gasteiger partial charge is 0.356 e. The molecule has 1 amide bonds. The minimum absolute atomic E-state index is 0.00496. The molecule has 2 aromatic heterocycles. The lowest BCUT2D eigenvalue weighted by atomic mass is 10.1. The molecule has 1 N–H and O–H groups in total. The van der Waals surface area contributed by atoms with Gasteiger partial charge in [-0.05, 0) is 12.8 Å². The third kappa shape index (κ3) is 3.88. The van der Waals surface area contributed by atoms with Crippen molar-refractivity contribution in [2.24, 2.45) is 5.92 Å². The highest BCUT2D eigenvalue weighted by atomic mass is 16.2. The monoisotopic (exact) mass is 379 g/mol. The van der Waals surface area contributed by atoms with E-state index in [4.69, 9.17) is 0 Å². The summed E-state index contributed by atoms with van der Waals surface area (Å²) in [7, 11) is 0. The molecule has 28 heavy (non-hydrogen) atoms. The van der Waals surface area contributed by atoms with Gasteiger partial charge in [-0.25, -0.2) is 0 Å². The standard InChI is InChI=1S/C21H25N5O2/c1-5-11-25-15(4)17(12-18(27)22-13-14(2)3)20(28)26-21(25)23-19(24-26)16-9-7-6-8-10-16/h5-10,14H,1,11-13H2,2-4H3,(H,22,27). The van der Waals surface area contributed by atoms with E-state index in [2.05, 4.69) is 22.0 Å². The van der Waals surface area contributed by atoms with Crippen molar-refractivity contribution in [1.82, 2.24) is 24.5 Å². The summed E-state index contributed by atoms with van der Waals surface area (Å²) in [6.07, 6.45) is 1.74. The lowest BCUT2D eigenvalue weighted by molar-refractivity contribution is -0.120. The van der Waals surface area contributed by atoms with Gasteiger partial charge in [-0.1, -0.05) is 50.3 Å². The lowest BCUT2D eigenvalue weighted by Crippen LogP contribution is -2.33. The van der Waals surface area contributed by atoms with E-state index in [-0.39, 0.29) is 17.9 Å². The Hall–Kier alpha value is -3.22. The maximum absolute atomic E-state index is 13.1. The van der Waals surface area contributed by atoms with Crippen LogP contribution in [0.25, 0.3) is 17.2 Å². The van der Waals surface area contributed by atoms with Crippen LogP contribution < -0.4 is 10.9 Å². The molecular weight excluding hydrogens is 354 g/mol. The third-order valence-corrected chi connectivity index (χ3v) is 4.51. The van der Waals surface area contributed by atoms with Gasteiger partial charge in [0.25, 0.3) is 5.56 Å². The molecule has 0 radical (unpaired) electrons. The van der Waals surface area contributed by atoms with Crippen molar-refractivity contribution in [1.29, 1.82) is 0 Å². The number of carbonyl (C=O) groups excluding carboxylic acids is 1. The van der Waals surface area contributed by atoms with Crippen molar-refractivity contribution >= 4 is 11.7 Å². The van der Waals surface area contributed by atoms with Crippen LogP contribution in [0.5, 0.6) is 0 Å². The number of benzene rings is 1. The molecule has 0 aliphatic rings. The number of aromatic nitrogens is 4. The molecule has 0 spiro atoms. The summed E-state index contributed by atoms with van der Waals surface area (Å²) in [5.74, 6) is 1.07. The first kappa shape index (κ1) is 19.5. The minimum Gasteiger partial charge on any atom is -0.356 e. The molecule has 7 nitrogen and oxygen atoms in total. The Bertz CT molecular complexity index is 1060. The molecule has 2 heterocycles. The van der Waals surface area contributed by atoms with Gasteiger partial charge < -0.3 is 9.88 Å². The van der Waals surface area contributed by atoms with E-state index < -0.39 is 0 Å². The van der Waals surface area contributed by atoms with Crippen LogP contribution in [0.4, 0.5) is 0 Å². The summed E-state index contributed by atoms with van der Waals surface area (Å²) in [6, 6.07) is 9.49. The fourth-order valence-corrected chi connectivity index (χ4v) is 3.01. The Balaban J connectivity index is 2.11. The van der Waals surface area contributed by atoms with Gasteiger partial charge >= 0.3 is 0 Å². The van der Waals surface area contributed by atoms with Crippen molar-refractivity contribution in [2.75, 3.05) is 6.54 Å². The predicted octanol–water partition coefficient (Wildman–Crippen LogP) is 2.37. The van der Waals surface area contributed by atoms with Gasteiger partial charge in [0.1, 0.15) is 0 Å². The average Bonchev–Trinajstić information content (AvgIpc) is 3.13. The highest BCUT2D eigenvalue weighted by Crippen LogP contribution is 2.17. The minimum atomic E-state index is -0.317. The molecule has 1 aromatic carbocycles. The van der Waals surface area contributed by atoms with Crippen molar-refractivity contribution in [2.45, 2.75) is 33.7 Å². The summed E-state index contributed by atoms with van der Waals surface area (Å²) in [6.45, 7) is 10.7. The first-order valence-corrected chi connectivity index (χ1v) is 9.34. The van der Waals surface area contributed by atoms with Crippen LogP contribution in [0.2, 0.25) is 0 Å². The topological polar surface area (TPSA) is 81.3 Å². The summed E-state index contributed by atoms with van der Waals surface area (Å²) in [4.78, 5) is 30.0. The third-order valence-electron chi connectivity index (χ3n) is 4.51. The second-order valence-corrected chi connectivity index (χ2v) is 7.16. The summed E-state index contributed by atoms with van der Waals surface area (Å²) in [5, 5.41) is 7.28. The Labute approximate surface area is 163 Å². The number of amides is 1. The van der Waals surface area contributed by atoms with Crippen LogP contribution in [0.1, 0.15) is 25.1 Å². The number of carbonyl (C=O) groups is 1.